The van der Waals surface area contributed by atoms with Gasteiger partial charge in [0.25, 0.3) is 5.69 Å². The summed E-state index contributed by atoms with van der Waals surface area (Å²) in [5.74, 6) is 0.778. The quantitative estimate of drug-likeness (QED) is 0.287. The molecule has 5 rings (SSSR count). The Morgan fingerprint density at radius 2 is 2.00 bits per heavy atom. The first-order valence-electron chi connectivity index (χ1n) is 8.81. The van der Waals surface area contributed by atoms with Crippen molar-refractivity contribution in [3.63, 3.8) is 0 Å². The predicted molar refractivity (Wildman–Crippen MR) is 118 cm³/mol. The summed E-state index contributed by atoms with van der Waals surface area (Å²) >= 11 is 8.85. The van der Waals surface area contributed by atoms with E-state index in [4.69, 9.17) is 9.84 Å². The van der Waals surface area contributed by atoms with Gasteiger partial charge in [-0.05, 0) is 51.6 Å². The largest absolute Gasteiger partial charge is 0.463 e. The summed E-state index contributed by atoms with van der Waals surface area (Å²) < 4.78 is 8.19. The molecule has 0 amide bonds. The van der Waals surface area contributed by atoms with Crippen molar-refractivity contribution in [2.24, 2.45) is 5.10 Å². The van der Waals surface area contributed by atoms with Crippen LogP contribution in [0.1, 0.15) is 34.7 Å². The Morgan fingerprint density at radius 1 is 1.21 bits per heavy atom. The van der Waals surface area contributed by atoms with Gasteiger partial charge in [-0.25, -0.2) is 5.01 Å². The van der Waals surface area contributed by atoms with Crippen LogP contribution in [-0.2, 0) is 0 Å². The summed E-state index contributed by atoms with van der Waals surface area (Å²) in [6.07, 6.45) is 0.298. The van der Waals surface area contributed by atoms with E-state index in [2.05, 4.69) is 44.0 Å². The minimum absolute atomic E-state index is 0.0184. The lowest BCUT2D eigenvalue weighted by molar-refractivity contribution is -0.384. The molecule has 0 bridgehead atoms. The van der Waals surface area contributed by atoms with Crippen LogP contribution in [0.4, 0.5) is 5.69 Å². The zero-order valence-corrected chi connectivity index (χ0v) is 18.8. The number of hydrazone groups is 1. The van der Waals surface area contributed by atoms with Gasteiger partial charge in [0.15, 0.2) is 0 Å². The third kappa shape index (κ3) is 3.27. The molecule has 0 N–H and O–H groups in total. The third-order valence-corrected chi connectivity index (χ3v) is 6.97. The molecule has 0 aliphatic carbocycles. The molecule has 0 saturated carbocycles. The number of thiophene rings is 1. The summed E-state index contributed by atoms with van der Waals surface area (Å²) in [6, 6.07) is 14.6. The highest BCUT2D eigenvalue weighted by Gasteiger charge is 2.42. The maximum absolute atomic E-state index is 11.0. The van der Waals surface area contributed by atoms with Crippen molar-refractivity contribution in [2.75, 3.05) is 0 Å². The van der Waals surface area contributed by atoms with E-state index in [1.165, 1.54) is 12.1 Å². The number of hydrogen-bond acceptors (Lipinski definition) is 6. The number of fused-ring (bicyclic) bond motifs is 3. The molecule has 1 aromatic heterocycles. The van der Waals surface area contributed by atoms with Crippen LogP contribution >= 0.6 is 43.2 Å². The number of rotatable bonds is 3. The Kier molecular flexibility index (Phi) is 4.68. The molecule has 0 spiro atoms. The van der Waals surface area contributed by atoms with E-state index < -0.39 is 11.2 Å². The fourth-order valence-corrected chi connectivity index (χ4v) is 5.76. The number of benzene rings is 2. The lowest BCUT2D eigenvalue weighted by atomic mass is 9.97. The Bertz CT molecular complexity index is 1130. The summed E-state index contributed by atoms with van der Waals surface area (Å²) in [5, 5.41) is 19.9. The molecule has 3 aromatic rings. The van der Waals surface area contributed by atoms with Crippen molar-refractivity contribution in [1.29, 1.82) is 0 Å². The maximum Gasteiger partial charge on any atom is 0.269 e. The van der Waals surface area contributed by atoms with Crippen LogP contribution in [0, 0.1) is 10.1 Å². The zero-order chi connectivity index (χ0) is 20.1. The van der Waals surface area contributed by atoms with Gasteiger partial charge in [0, 0.05) is 34.2 Å². The molecule has 2 aliphatic heterocycles. The Labute approximate surface area is 187 Å². The molecule has 0 saturated heterocycles. The topological polar surface area (TPSA) is 68.0 Å². The molecule has 2 unspecified atom stereocenters. The highest BCUT2D eigenvalue weighted by Crippen LogP contribution is 2.51. The van der Waals surface area contributed by atoms with Crippen molar-refractivity contribution in [3.8, 4) is 5.75 Å². The van der Waals surface area contributed by atoms with E-state index in [9.17, 15) is 10.1 Å². The summed E-state index contributed by atoms with van der Waals surface area (Å²) in [6.45, 7) is 0. The molecule has 0 radical (unpaired) electrons. The van der Waals surface area contributed by atoms with E-state index in [0.29, 0.717) is 0 Å². The Hall–Kier alpha value is -2.23. The Morgan fingerprint density at radius 3 is 2.69 bits per heavy atom. The van der Waals surface area contributed by atoms with Crippen LogP contribution < -0.4 is 4.74 Å². The number of nitrogens with zero attached hydrogens (tertiary/aromatic N) is 3. The maximum atomic E-state index is 11.0. The molecule has 2 aliphatic rings. The molecule has 2 atom stereocenters. The van der Waals surface area contributed by atoms with Crippen LogP contribution in [0.5, 0.6) is 5.75 Å². The average Bonchev–Trinajstić information content (AvgIpc) is 3.37. The number of non-ortho nitro benzene ring substituents is 1. The second-order valence-electron chi connectivity index (χ2n) is 6.75. The van der Waals surface area contributed by atoms with Gasteiger partial charge in [-0.2, -0.15) is 5.10 Å². The smallest absolute Gasteiger partial charge is 0.269 e. The molecule has 29 heavy (non-hydrogen) atoms. The monoisotopic (exact) mass is 533 g/mol. The van der Waals surface area contributed by atoms with Crippen molar-refractivity contribution in [1.82, 2.24) is 5.01 Å². The number of halogens is 2. The second-order valence-corrected chi connectivity index (χ2v) is 9.47. The fraction of sp³-hybridized carbons (Fsp3) is 0.150. The molecule has 6 nitrogen and oxygen atoms in total. The van der Waals surface area contributed by atoms with E-state index in [1.54, 1.807) is 23.5 Å². The minimum atomic E-state index is -0.469. The van der Waals surface area contributed by atoms with Crippen LogP contribution in [0.2, 0.25) is 0 Å². The molecule has 2 aromatic carbocycles. The zero-order valence-electron chi connectivity index (χ0n) is 14.8. The molecule has 9 heteroatoms. The molecule has 0 fully saturated rings. The van der Waals surface area contributed by atoms with Crippen LogP contribution in [0.15, 0.2) is 68.0 Å². The van der Waals surface area contributed by atoms with Gasteiger partial charge in [-0.3, -0.25) is 10.1 Å². The Balaban J connectivity index is 1.61. The summed E-state index contributed by atoms with van der Waals surface area (Å²) in [4.78, 5) is 11.8. The minimum Gasteiger partial charge on any atom is -0.463 e. The van der Waals surface area contributed by atoms with Gasteiger partial charge < -0.3 is 4.74 Å². The molecule has 146 valence electrons. The van der Waals surface area contributed by atoms with Crippen molar-refractivity contribution < 1.29 is 9.66 Å². The lowest BCUT2D eigenvalue weighted by Gasteiger charge is -2.38. The standard InChI is InChI=1S/C20H13Br2N3O3S/c21-12-8-14-17-10-16(18-2-1-7-29-18)23-24(17)20(28-19(14)15(22)9-12)11-3-5-13(6-4-11)25(26)27/h1-9,17,20H,10H2. The van der Waals surface area contributed by atoms with Crippen molar-refractivity contribution in [3.05, 3.63) is 89.0 Å². The van der Waals surface area contributed by atoms with E-state index in [-0.39, 0.29) is 11.7 Å². The first-order valence-corrected chi connectivity index (χ1v) is 11.3. The normalized spacial score (nSPS) is 19.9. The SMILES string of the molecule is O=[N+]([O-])c1ccc(C2Oc3c(Br)cc(Br)cc3C3CC(c4cccs4)=NN32)cc1. The average molecular weight is 535 g/mol. The number of nitro benzene ring substituents is 1. The first kappa shape index (κ1) is 18.8. The number of ether oxygens (including phenoxy) is 1. The van der Waals surface area contributed by atoms with E-state index >= 15 is 0 Å². The third-order valence-electron chi connectivity index (χ3n) is 5.00. The summed E-state index contributed by atoms with van der Waals surface area (Å²) in [7, 11) is 0. The van der Waals surface area contributed by atoms with Gasteiger partial charge in [-0.15, -0.1) is 11.3 Å². The van der Waals surface area contributed by atoms with Crippen molar-refractivity contribution >= 4 is 54.6 Å². The first-order chi connectivity index (χ1) is 14.0. The van der Waals surface area contributed by atoms with Gasteiger partial charge in [0.05, 0.1) is 26.0 Å². The predicted octanol–water partition coefficient (Wildman–Crippen LogP) is 6.42. The van der Waals surface area contributed by atoms with Gasteiger partial charge in [-0.1, -0.05) is 22.0 Å². The summed E-state index contributed by atoms with van der Waals surface area (Å²) in [5.41, 5.74) is 2.94. The van der Waals surface area contributed by atoms with Crippen molar-refractivity contribution in [2.45, 2.75) is 18.7 Å². The van der Waals surface area contributed by atoms with Gasteiger partial charge in [0.2, 0.25) is 6.23 Å². The van der Waals surface area contributed by atoms with Gasteiger partial charge in [0.1, 0.15) is 5.75 Å². The van der Waals surface area contributed by atoms with Crippen LogP contribution in [-0.4, -0.2) is 15.6 Å². The number of hydrogen-bond donors (Lipinski definition) is 0. The lowest BCUT2D eigenvalue weighted by Crippen LogP contribution is -2.33. The second kappa shape index (κ2) is 7.23. The fourth-order valence-electron chi connectivity index (χ4n) is 3.69. The van der Waals surface area contributed by atoms with E-state index in [1.807, 2.05) is 22.5 Å². The molecule has 3 heterocycles. The van der Waals surface area contributed by atoms with Crippen LogP contribution in [0.3, 0.4) is 0 Å². The van der Waals surface area contributed by atoms with Crippen LogP contribution in [0.25, 0.3) is 0 Å². The van der Waals surface area contributed by atoms with Gasteiger partial charge >= 0.3 is 0 Å². The van der Waals surface area contributed by atoms with E-state index in [0.717, 1.165) is 42.8 Å². The highest BCUT2D eigenvalue weighted by molar-refractivity contribution is 9.11. The molecular formula is C20H13Br2N3O3S. The molecular weight excluding hydrogens is 522 g/mol. The number of nitro groups is 1. The highest BCUT2D eigenvalue weighted by atomic mass is 79.9.